The minimum absolute atomic E-state index is 0.00345. The third kappa shape index (κ3) is 3.83. The fourth-order valence-corrected chi connectivity index (χ4v) is 3.47. The van der Waals surface area contributed by atoms with E-state index in [9.17, 15) is 13.2 Å². The van der Waals surface area contributed by atoms with Crippen LogP contribution in [-0.4, -0.2) is 34.8 Å². The van der Waals surface area contributed by atoms with Gasteiger partial charge in [0.25, 0.3) is 0 Å². The number of nitrogens with one attached hydrogen (secondary N) is 1. The lowest BCUT2D eigenvalue weighted by Gasteiger charge is -2.23. The van der Waals surface area contributed by atoms with Crippen molar-refractivity contribution in [2.75, 3.05) is 0 Å². The second kappa shape index (κ2) is 5.70. The summed E-state index contributed by atoms with van der Waals surface area (Å²) in [6.45, 7) is 9.10. The lowest BCUT2D eigenvalue weighted by atomic mass is 9.92. The van der Waals surface area contributed by atoms with E-state index in [2.05, 4.69) is 30.6 Å². The van der Waals surface area contributed by atoms with Crippen molar-refractivity contribution < 1.29 is 13.2 Å². The van der Waals surface area contributed by atoms with Gasteiger partial charge in [0.05, 0.1) is 12.1 Å². The Kier molecular flexibility index (Phi) is 4.50. The average Bonchev–Trinajstić information content (AvgIpc) is 3.10. The number of hydrogen-bond acceptors (Lipinski definition) is 4. The van der Waals surface area contributed by atoms with Gasteiger partial charge < -0.3 is 0 Å². The molecule has 2 rings (SSSR count). The molecule has 0 spiro atoms. The number of carbonyl (C=O) groups excluding carboxylic acids is 1. The monoisotopic (exact) mass is 341 g/mol. The molecule has 6 nitrogen and oxygen atoms in total. The van der Waals surface area contributed by atoms with Crippen LogP contribution in [0.25, 0.3) is 0 Å². The highest BCUT2D eigenvalue weighted by Crippen LogP contribution is 2.27. The number of aryl methyl sites for hydroxylation is 1. The van der Waals surface area contributed by atoms with Gasteiger partial charge in [-0.3, -0.25) is 9.48 Å². The first-order valence-electron chi connectivity index (χ1n) is 7.93. The normalized spacial score (nSPS) is 16.6. The van der Waals surface area contributed by atoms with Crippen molar-refractivity contribution in [2.24, 2.45) is 7.05 Å². The van der Waals surface area contributed by atoms with E-state index in [-0.39, 0.29) is 23.7 Å². The smallest absolute Gasteiger partial charge is 0.224 e. The summed E-state index contributed by atoms with van der Waals surface area (Å²) in [5, 5.41) is 4.44. The van der Waals surface area contributed by atoms with Crippen molar-refractivity contribution in [3.8, 4) is 0 Å². The first-order valence-corrected chi connectivity index (χ1v) is 9.41. The van der Waals surface area contributed by atoms with Crippen LogP contribution in [0.5, 0.6) is 0 Å². The molecule has 0 bridgehead atoms. The molecule has 0 radical (unpaired) electrons. The SMILES string of the molecule is Cn1nc(C(C)(C)C)cc1CC(=O)C(C)(C)S(=O)(=O)NC1CC1. The van der Waals surface area contributed by atoms with Gasteiger partial charge in [0.1, 0.15) is 4.75 Å². The fraction of sp³-hybridized carbons (Fsp3) is 0.750. The molecule has 0 aromatic carbocycles. The molecule has 1 saturated carbocycles. The highest BCUT2D eigenvalue weighted by atomic mass is 32.2. The summed E-state index contributed by atoms with van der Waals surface area (Å²) in [6.07, 6.45) is 1.75. The molecule has 1 aromatic rings. The molecule has 130 valence electrons. The molecule has 7 heteroatoms. The number of nitrogens with zero attached hydrogens (tertiary/aromatic N) is 2. The molecule has 0 amide bonds. The van der Waals surface area contributed by atoms with E-state index in [1.165, 1.54) is 13.8 Å². The van der Waals surface area contributed by atoms with E-state index >= 15 is 0 Å². The van der Waals surface area contributed by atoms with E-state index in [1.807, 2.05) is 6.07 Å². The second-order valence-corrected chi connectivity index (χ2v) is 10.2. The molecule has 0 saturated heterocycles. The number of hydrogen-bond donors (Lipinski definition) is 1. The molecule has 1 fully saturated rings. The van der Waals surface area contributed by atoms with E-state index < -0.39 is 14.8 Å². The quantitative estimate of drug-likeness (QED) is 0.854. The second-order valence-electron chi connectivity index (χ2n) is 7.90. The number of sulfonamides is 1. The zero-order valence-corrected chi connectivity index (χ0v) is 15.6. The number of aromatic nitrogens is 2. The maximum atomic E-state index is 12.6. The predicted molar refractivity (Wildman–Crippen MR) is 89.8 cm³/mol. The predicted octanol–water partition coefficient (Wildman–Crippen LogP) is 1.69. The van der Waals surface area contributed by atoms with Crippen LogP contribution >= 0.6 is 0 Å². The first-order chi connectivity index (χ1) is 10.3. The first kappa shape index (κ1) is 18.1. The summed E-state index contributed by atoms with van der Waals surface area (Å²) in [7, 11) is -1.90. The summed E-state index contributed by atoms with van der Waals surface area (Å²) in [5.74, 6) is -0.325. The molecular formula is C16H27N3O3S. The van der Waals surface area contributed by atoms with Crippen LogP contribution in [-0.2, 0) is 33.7 Å². The summed E-state index contributed by atoms with van der Waals surface area (Å²) in [4.78, 5) is 12.6. The van der Waals surface area contributed by atoms with Gasteiger partial charge >= 0.3 is 0 Å². The Morgan fingerprint density at radius 1 is 1.30 bits per heavy atom. The number of Topliss-reactive ketones (excluding diaryl/α,β-unsaturated/α-hetero) is 1. The summed E-state index contributed by atoms with van der Waals surface area (Å²) in [6, 6.07) is 1.88. The molecular weight excluding hydrogens is 314 g/mol. The Balaban J connectivity index is 2.19. The van der Waals surface area contributed by atoms with Gasteiger partial charge in [0.2, 0.25) is 10.0 Å². The molecule has 1 aliphatic carbocycles. The Bertz CT molecular complexity index is 707. The third-order valence-electron chi connectivity index (χ3n) is 4.33. The van der Waals surface area contributed by atoms with Gasteiger partial charge in [-0.15, -0.1) is 0 Å². The summed E-state index contributed by atoms with van der Waals surface area (Å²) in [5.41, 5.74) is 1.50. The van der Waals surface area contributed by atoms with Gasteiger partial charge in [0, 0.05) is 24.2 Å². The Labute approximate surface area is 138 Å². The van der Waals surface area contributed by atoms with Crippen LogP contribution in [0.3, 0.4) is 0 Å². The van der Waals surface area contributed by atoms with Crippen molar-refractivity contribution in [1.82, 2.24) is 14.5 Å². The Morgan fingerprint density at radius 2 is 1.87 bits per heavy atom. The highest BCUT2D eigenvalue weighted by Gasteiger charge is 2.44. The van der Waals surface area contributed by atoms with Crippen LogP contribution in [0.15, 0.2) is 6.07 Å². The zero-order chi connectivity index (χ0) is 17.6. The van der Waals surface area contributed by atoms with E-state index in [0.29, 0.717) is 0 Å². The molecule has 1 heterocycles. The number of carbonyl (C=O) groups is 1. The average molecular weight is 341 g/mol. The van der Waals surface area contributed by atoms with Crippen molar-refractivity contribution in [1.29, 1.82) is 0 Å². The summed E-state index contributed by atoms with van der Waals surface area (Å²) < 4.78 is 27.7. The zero-order valence-electron chi connectivity index (χ0n) is 14.8. The molecule has 0 unspecified atom stereocenters. The molecule has 0 atom stereocenters. The maximum Gasteiger partial charge on any atom is 0.224 e. The van der Waals surface area contributed by atoms with Gasteiger partial charge in [-0.25, -0.2) is 13.1 Å². The van der Waals surface area contributed by atoms with Crippen molar-refractivity contribution in [3.05, 3.63) is 17.5 Å². The number of ketones is 1. The van der Waals surface area contributed by atoms with Crippen LogP contribution in [0.1, 0.15) is 58.8 Å². The van der Waals surface area contributed by atoms with E-state index in [0.717, 1.165) is 24.2 Å². The minimum atomic E-state index is -3.68. The Morgan fingerprint density at radius 3 is 2.30 bits per heavy atom. The minimum Gasteiger partial charge on any atom is -0.297 e. The fourth-order valence-electron chi connectivity index (χ4n) is 2.13. The lowest BCUT2D eigenvalue weighted by molar-refractivity contribution is -0.120. The third-order valence-corrected chi connectivity index (χ3v) is 6.54. The van der Waals surface area contributed by atoms with Gasteiger partial charge in [-0.1, -0.05) is 20.8 Å². The van der Waals surface area contributed by atoms with Crippen LogP contribution < -0.4 is 4.72 Å². The van der Waals surface area contributed by atoms with Crippen LogP contribution in [0.4, 0.5) is 0 Å². The standard InChI is InChI=1S/C16H27N3O3S/c1-15(2,3)13-9-12(19(6)17-13)10-14(20)16(4,5)23(21,22)18-11-7-8-11/h9,11,18H,7-8,10H2,1-6H3. The van der Waals surface area contributed by atoms with Gasteiger partial charge in [-0.2, -0.15) is 5.10 Å². The molecule has 23 heavy (non-hydrogen) atoms. The van der Waals surface area contributed by atoms with Crippen molar-refractivity contribution in [2.45, 2.75) is 70.1 Å². The van der Waals surface area contributed by atoms with E-state index in [1.54, 1.807) is 11.7 Å². The molecule has 0 aliphatic heterocycles. The van der Waals surface area contributed by atoms with Crippen molar-refractivity contribution in [3.63, 3.8) is 0 Å². The summed E-state index contributed by atoms with van der Waals surface area (Å²) >= 11 is 0. The van der Waals surface area contributed by atoms with Gasteiger partial charge in [-0.05, 0) is 32.8 Å². The lowest BCUT2D eigenvalue weighted by Crippen LogP contribution is -2.49. The Hall–Kier alpha value is -1.21. The van der Waals surface area contributed by atoms with Crippen LogP contribution in [0, 0.1) is 0 Å². The molecule has 1 aliphatic rings. The van der Waals surface area contributed by atoms with Crippen LogP contribution in [0.2, 0.25) is 0 Å². The van der Waals surface area contributed by atoms with Gasteiger partial charge in [0.15, 0.2) is 5.78 Å². The van der Waals surface area contributed by atoms with E-state index in [4.69, 9.17) is 0 Å². The highest BCUT2D eigenvalue weighted by molar-refractivity contribution is 7.91. The topological polar surface area (TPSA) is 81.1 Å². The molecule has 1 aromatic heterocycles. The number of rotatable bonds is 6. The maximum absolute atomic E-state index is 12.6. The molecule has 1 N–H and O–H groups in total. The van der Waals surface area contributed by atoms with Crippen molar-refractivity contribution >= 4 is 15.8 Å². The largest absolute Gasteiger partial charge is 0.297 e.